The van der Waals surface area contributed by atoms with Crippen molar-refractivity contribution in [1.82, 2.24) is 9.88 Å². The van der Waals surface area contributed by atoms with E-state index in [-0.39, 0.29) is 11.6 Å². The average Bonchev–Trinajstić information content (AvgIpc) is 2.98. The van der Waals surface area contributed by atoms with Crippen LogP contribution < -0.4 is 0 Å². The summed E-state index contributed by atoms with van der Waals surface area (Å²) in [6.45, 7) is 6.62. The number of pyridine rings is 1. The predicted molar refractivity (Wildman–Crippen MR) is 85.8 cm³/mol. The van der Waals surface area contributed by atoms with Crippen LogP contribution in [0.4, 0.5) is 0 Å². The first-order valence-electron chi connectivity index (χ1n) is 7.66. The fourth-order valence-electron chi connectivity index (χ4n) is 3.46. The molecule has 1 saturated heterocycles. The van der Waals surface area contributed by atoms with E-state index in [0.717, 1.165) is 36.1 Å². The maximum atomic E-state index is 10.8. The number of halogens is 1. The maximum absolute atomic E-state index is 10.8. The number of hydrogen-bond donors (Lipinski definition) is 1. The van der Waals surface area contributed by atoms with Gasteiger partial charge in [-0.05, 0) is 66.8 Å². The van der Waals surface area contributed by atoms with Crippen LogP contribution in [0.3, 0.4) is 0 Å². The molecule has 2 rings (SSSR count). The van der Waals surface area contributed by atoms with Gasteiger partial charge < -0.3 is 5.11 Å². The van der Waals surface area contributed by atoms with Gasteiger partial charge in [0.05, 0.1) is 6.10 Å². The van der Waals surface area contributed by atoms with Crippen LogP contribution in [0.5, 0.6) is 0 Å². The summed E-state index contributed by atoms with van der Waals surface area (Å²) in [6.07, 6.45) is 6.56. The van der Waals surface area contributed by atoms with Crippen LogP contribution in [0.25, 0.3) is 0 Å². The Morgan fingerprint density at radius 3 is 2.45 bits per heavy atom. The molecule has 1 unspecified atom stereocenters. The molecule has 0 spiro atoms. The van der Waals surface area contributed by atoms with Crippen molar-refractivity contribution >= 4 is 15.9 Å². The van der Waals surface area contributed by atoms with Gasteiger partial charge in [-0.15, -0.1) is 0 Å². The summed E-state index contributed by atoms with van der Waals surface area (Å²) in [5.74, 6) is 0. The predicted octanol–water partition coefficient (Wildman–Crippen LogP) is 3.40. The monoisotopic (exact) mass is 340 g/mol. The molecule has 2 heterocycles. The summed E-state index contributed by atoms with van der Waals surface area (Å²) in [4.78, 5) is 6.90. The molecule has 1 aliphatic heterocycles. The highest BCUT2D eigenvalue weighted by Crippen LogP contribution is 2.32. The minimum Gasteiger partial charge on any atom is -0.391 e. The smallest absolute Gasteiger partial charge is 0.0778 e. The number of aliphatic hydroxyl groups excluding tert-OH is 1. The highest BCUT2D eigenvalue weighted by atomic mass is 79.9. The number of aliphatic hydroxyl groups is 1. The van der Waals surface area contributed by atoms with Crippen molar-refractivity contribution in [3.8, 4) is 0 Å². The first-order valence-corrected chi connectivity index (χ1v) is 8.45. The molecule has 1 N–H and O–H groups in total. The third-order valence-corrected chi connectivity index (χ3v) is 5.24. The third-order valence-electron chi connectivity index (χ3n) is 4.77. The Bertz CT molecular complexity index is 411. The largest absolute Gasteiger partial charge is 0.391 e. The number of rotatable bonds is 6. The topological polar surface area (TPSA) is 36.4 Å². The SMILES string of the molecule is CCC(CC)(C(O)Cc1ccc(Br)cn1)N1CCCC1. The van der Waals surface area contributed by atoms with Crippen molar-refractivity contribution in [2.45, 2.75) is 57.6 Å². The minimum absolute atomic E-state index is 0.0920. The number of likely N-dealkylation sites (tertiary alicyclic amines) is 1. The summed E-state index contributed by atoms with van der Waals surface area (Å²) in [5, 5.41) is 10.8. The molecule has 0 amide bonds. The standard InChI is InChI=1S/C16H25BrN2O/c1-3-16(4-2,19-9-5-6-10-19)15(20)11-14-8-7-13(17)12-18-14/h7-8,12,15,20H,3-6,9-11H2,1-2H3. The van der Waals surface area contributed by atoms with Crippen molar-refractivity contribution in [3.05, 3.63) is 28.5 Å². The lowest BCUT2D eigenvalue weighted by atomic mass is 9.82. The molecule has 112 valence electrons. The molecule has 0 bridgehead atoms. The molecule has 1 aliphatic rings. The average molecular weight is 341 g/mol. The number of aromatic nitrogens is 1. The normalized spacial score (nSPS) is 18.4. The van der Waals surface area contributed by atoms with Gasteiger partial charge in [-0.25, -0.2) is 0 Å². The van der Waals surface area contributed by atoms with Gasteiger partial charge in [-0.2, -0.15) is 0 Å². The fraction of sp³-hybridized carbons (Fsp3) is 0.688. The summed E-state index contributed by atoms with van der Waals surface area (Å²) in [6, 6.07) is 3.98. The van der Waals surface area contributed by atoms with E-state index in [0.29, 0.717) is 6.42 Å². The van der Waals surface area contributed by atoms with Crippen LogP contribution in [0.2, 0.25) is 0 Å². The van der Waals surface area contributed by atoms with Crippen molar-refractivity contribution in [2.75, 3.05) is 13.1 Å². The van der Waals surface area contributed by atoms with Crippen molar-refractivity contribution in [3.63, 3.8) is 0 Å². The molecule has 0 aliphatic carbocycles. The molecule has 1 fully saturated rings. The Kier molecular flexibility index (Phi) is 5.58. The molecule has 0 saturated carbocycles. The summed E-state index contributed by atoms with van der Waals surface area (Å²) < 4.78 is 0.979. The third kappa shape index (κ3) is 3.23. The second kappa shape index (κ2) is 7.01. The highest BCUT2D eigenvalue weighted by Gasteiger charge is 2.41. The molecule has 3 nitrogen and oxygen atoms in total. The highest BCUT2D eigenvalue weighted by molar-refractivity contribution is 9.10. The number of hydrogen-bond acceptors (Lipinski definition) is 3. The van der Waals surface area contributed by atoms with Crippen molar-refractivity contribution in [2.24, 2.45) is 0 Å². The quantitative estimate of drug-likeness (QED) is 0.862. The van der Waals surface area contributed by atoms with Crippen LogP contribution in [0.1, 0.15) is 45.2 Å². The van der Waals surface area contributed by atoms with Gasteiger partial charge in [-0.3, -0.25) is 9.88 Å². The summed E-state index contributed by atoms with van der Waals surface area (Å²) in [5.41, 5.74) is 0.872. The van der Waals surface area contributed by atoms with Crippen LogP contribution in [-0.4, -0.2) is 39.7 Å². The molecule has 1 aromatic rings. The van der Waals surface area contributed by atoms with E-state index in [4.69, 9.17) is 0 Å². The summed E-state index contributed by atoms with van der Waals surface area (Å²) in [7, 11) is 0. The zero-order valence-electron chi connectivity index (χ0n) is 12.5. The van der Waals surface area contributed by atoms with E-state index in [1.165, 1.54) is 12.8 Å². The second-order valence-electron chi connectivity index (χ2n) is 5.69. The van der Waals surface area contributed by atoms with Gasteiger partial charge in [0.25, 0.3) is 0 Å². The molecule has 20 heavy (non-hydrogen) atoms. The molecule has 1 atom stereocenters. The van der Waals surface area contributed by atoms with Gasteiger partial charge in [-0.1, -0.05) is 13.8 Å². The van der Waals surface area contributed by atoms with Gasteiger partial charge in [0.15, 0.2) is 0 Å². The van der Waals surface area contributed by atoms with Gasteiger partial charge in [0.2, 0.25) is 0 Å². The zero-order chi connectivity index (χ0) is 14.6. The first kappa shape index (κ1) is 15.9. The Balaban J connectivity index is 2.13. The lowest BCUT2D eigenvalue weighted by Gasteiger charge is -2.44. The van der Waals surface area contributed by atoms with Crippen molar-refractivity contribution in [1.29, 1.82) is 0 Å². The lowest BCUT2D eigenvalue weighted by Crippen LogP contribution is -2.55. The van der Waals surface area contributed by atoms with Crippen LogP contribution in [0, 0.1) is 0 Å². The van der Waals surface area contributed by atoms with Gasteiger partial charge in [0.1, 0.15) is 0 Å². The van der Waals surface area contributed by atoms with E-state index in [2.05, 4.69) is 39.7 Å². The zero-order valence-corrected chi connectivity index (χ0v) is 14.1. The minimum atomic E-state index is -0.357. The van der Waals surface area contributed by atoms with E-state index < -0.39 is 0 Å². The molecule has 0 radical (unpaired) electrons. The van der Waals surface area contributed by atoms with Crippen LogP contribution in [0.15, 0.2) is 22.8 Å². The van der Waals surface area contributed by atoms with E-state index in [1.807, 2.05) is 12.1 Å². The first-order chi connectivity index (χ1) is 9.62. The Labute approximate surface area is 130 Å². The van der Waals surface area contributed by atoms with Crippen LogP contribution in [-0.2, 0) is 6.42 Å². The lowest BCUT2D eigenvalue weighted by molar-refractivity contribution is -0.0274. The maximum Gasteiger partial charge on any atom is 0.0778 e. The number of nitrogens with zero attached hydrogens (tertiary/aromatic N) is 2. The van der Waals surface area contributed by atoms with E-state index >= 15 is 0 Å². The Hall–Kier alpha value is -0.450. The van der Waals surface area contributed by atoms with Crippen LogP contribution >= 0.6 is 15.9 Å². The Morgan fingerprint density at radius 1 is 1.30 bits per heavy atom. The second-order valence-corrected chi connectivity index (χ2v) is 6.61. The molecule has 0 aromatic carbocycles. The summed E-state index contributed by atoms with van der Waals surface area (Å²) >= 11 is 3.40. The molecule has 4 heteroatoms. The van der Waals surface area contributed by atoms with E-state index in [1.54, 1.807) is 6.20 Å². The molecular weight excluding hydrogens is 316 g/mol. The van der Waals surface area contributed by atoms with Gasteiger partial charge in [0, 0.05) is 28.3 Å². The Morgan fingerprint density at radius 2 is 1.95 bits per heavy atom. The fourth-order valence-corrected chi connectivity index (χ4v) is 3.69. The van der Waals surface area contributed by atoms with E-state index in [9.17, 15) is 5.11 Å². The molecular formula is C16H25BrN2O. The van der Waals surface area contributed by atoms with Crippen molar-refractivity contribution < 1.29 is 5.11 Å². The van der Waals surface area contributed by atoms with Gasteiger partial charge >= 0.3 is 0 Å². The molecule has 1 aromatic heterocycles.